The highest BCUT2D eigenvalue weighted by Crippen LogP contribution is 2.18. The summed E-state index contributed by atoms with van der Waals surface area (Å²) in [4.78, 5) is 22.0. The molecule has 0 aromatic heterocycles. The number of nitrogens with zero attached hydrogens (tertiary/aromatic N) is 1. The Balaban J connectivity index is 3.19. The second-order valence-electron chi connectivity index (χ2n) is 2.65. The standard InChI is InChI=1S/C9H8NO4/c1-10(9(13)14)7-5-3-2-4-6(7)8(11)12/h2-5H,1H3,(H,11,12). The monoisotopic (exact) mass is 194 g/mol. The van der Waals surface area contributed by atoms with Crippen molar-refractivity contribution in [1.82, 2.24) is 0 Å². The summed E-state index contributed by atoms with van der Waals surface area (Å²) in [7, 11) is 1.23. The van der Waals surface area contributed by atoms with Gasteiger partial charge in [0.2, 0.25) is 0 Å². The number of hydrogen-bond acceptors (Lipinski definition) is 2. The summed E-state index contributed by atoms with van der Waals surface area (Å²) in [5, 5.41) is 19.3. The van der Waals surface area contributed by atoms with E-state index in [4.69, 9.17) is 5.11 Å². The van der Waals surface area contributed by atoms with Gasteiger partial charge >= 0.3 is 12.1 Å². The smallest absolute Gasteiger partial charge is 0.457 e. The Morgan fingerprint density at radius 3 is 2.36 bits per heavy atom. The molecule has 5 nitrogen and oxygen atoms in total. The van der Waals surface area contributed by atoms with E-state index in [9.17, 15) is 14.7 Å². The van der Waals surface area contributed by atoms with Crippen LogP contribution in [0.1, 0.15) is 10.4 Å². The maximum atomic E-state index is 10.7. The number of carbonyl (C=O) groups is 2. The number of anilines is 1. The zero-order valence-electron chi connectivity index (χ0n) is 7.43. The highest BCUT2D eigenvalue weighted by Gasteiger charge is 2.17. The summed E-state index contributed by atoms with van der Waals surface area (Å²) in [6.45, 7) is 0. The molecule has 0 aliphatic heterocycles. The minimum atomic E-state index is -1.45. The average molecular weight is 194 g/mol. The molecule has 1 rings (SSSR count). The molecule has 0 atom stereocenters. The first-order valence-corrected chi connectivity index (χ1v) is 3.81. The van der Waals surface area contributed by atoms with Gasteiger partial charge in [0.25, 0.3) is 0 Å². The molecule has 0 heterocycles. The maximum Gasteiger partial charge on any atom is 0.457 e. The van der Waals surface area contributed by atoms with E-state index in [2.05, 4.69) is 0 Å². The van der Waals surface area contributed by atoms with Gasteiger partial charge in [-0.3, -0.25) is 4.90 Å². The van der Waals surface area contributed by atoms with Gasteiger partial charge in [-0.2, -0.15) is 0 Å². The predicted molar refractivity (Wildman–Crippen MR) is 47.9 cm³/mol. The van der Waals surface area contributed by atoms with Crippen molar-refractivity contribution in [1.29, 1.82) is 0 Å². The van der Waals surface area contributed by atoms with Crippen LogP contribution in [0.15, 0.2) is 24.3 Å². The van der Waals surface area contributed by atoms with E-state index < -0.39 is 12.1 Å². The summed E-state index contributed by atoms with van der Waals surface area (Å²) in [5.74, 6) is -1.17. The van der Waals surface area contributed by atoms with Crippen LogP contribution in [-0.2, 0) is 5.11 Å². The zero-order valence-corrected chi connectivity index (χ0v) is 7.43. The largest absolute Gasteiger partial charge is 0.478 e. The maximum absolute atomic E-state index is 10.7. The van der Waals surface area contributed by atoms with Crippen LogP contribution in [0.25, 0.3) is 0 Å². The lowest BCUT2D eigenvalue weighted by Crippen LogP contribution is -2.24. The van der Waals surface area contributed by atoms with Gasteiger partial charge in [-0.1, -0.05) is 12.1 Å². The van der Waals surface area contributed by atoms with Gasteiger partial charge in [-0.25, -0.2) is 14.7 Å². The molecule has 0 aliphatic rings. The Morgan fingerprint density at radius 2 is 1.86 bits per heavy atom. The molecule has 73 valence electrons. The molecule has 0 aliphatic carbocycles. The number of aromatic carboxylic acids is 1. The molecule has 0 unspecified atom stereocenters. The topological polar surface area (TPSA) is 77.5 Å². The van der Waals surface area contributed by atoms with Crippen molar-refractivity contribution in [2.24, 2.45) is 0 Å². The third kappa shape index (κ3) is 1.82. The van der Waals surface area contributed by atoms with Gasteiger partial charge in [0.1, 0.15) is 0 Å². The van der Waals surface area contributed by atoms with Crippen molar-refractivity contribution in [3.63, 3.8) is 0 Å². The van der Waals surface area contributed by atoms with Crippen LogP contribution in [0.4, 0.5) is 10.5 Å². The Bertz CT molecular complexity index is 375. The fraction of sp³-hybridized carbons (Fsp3) is 0.111. The van der Waals surface area contributed by atoms with Gasteiger partial charge in [0.15, 0.2) is 0 Å². The number of carboxylic acid groups (broad SMARTS) is 1. The summed E-state index contributed by atoms with van der Waals surface area (Å²) in [6.07, 6.45) is -1.45. The molecule has 0 saturated carbocycles. The van der Waals surface area contributed by atoms with E-state index in [1.165, 1.54) is 25.2 Å². The fourth-order valence-corrected chi connectivity index (χ4v) is 1.05. The van der Waals surface area contributed by atoms with E-state index in [0.717, 1.165) is 4.90 Å². The lowest BCUT2D eigenvalue weighted by Gasteiger charge is -2.13. The Kier molecular flexibility index (Phi) is 2.71. The van der Waals surface area contributed by atoms with E-state index >= 15 is 0 Å². The van der Waals surface area contributed by atoms with Crippen LogP contribution < -0.4 is 4.90 Å². The number of carbonyl (C=O) groups excluding carboxylic acids is 1. The van der Waals surface area contributed by atoms with E-state index in [-0.39, 0.29) is 11.3 Å². The van der Waals surface area contributed by atoms with Crippen molar-refractivity contribution in [2.75, 3.05) is 11.9 Å². The predicted octanol–water partition coefficient (Wildman–Crippen LogP) is 1.37. The van der Waals surface area contributed by atoms with Gasteiger partial charge in [-0.15, -0.1) is 0 Å². The molecule has 0 bridgehead atoms. The van der Waals surface area contributed by atoms with Crippen molar-refractivity contribution in [3.8, 4) is 0 Å². The zero-order chi connectivity index (χ0) is 10.7. The molecule has 5 heteroatoms. The van der Waals surface area contributed by atoms with Crippen LogP contribution >= 0.6 is 0 Å². The second kappa shape index (κ2) is 3.78. The highest BCUT2D eigenvalue weighted by molar-refractivity contribution is 5.99. The van der Waals surface area contributed by atoms with Crippen molar-refractivity contribution < 1.29 is 19.8 Å². The Morgan fingerprint density at radius 1 is 1.29 bits per heavy atom. The molecule has 1 aromatic rings. The van der Waals surface area contributed by atoms with Gasteiger partial charge < -0.3 is 5.11 Å². The van der Waals surface area contributed by atoms with E-state index in [1.807, 2.05) is 0 Å². The molecule has 1 amide bonds. The molecular formula is C9H8NO4. The fourth-order valence-electron chi connectivity index (χ4n) is 1.05. The Hall–Kier alpha value is -2.04. The van der Waals surface area contributed by atoms with Gasteiger partial charge in [0, 0.05) is 7.05 Å². The summed E-state index contributed by atoms with van der Waals surface area (Å²) < 4.78 is 0. The average Bonchev–Trinajstić information content (AvgIpc) is 2.16. The SMILES string of the molecule is CN(C([O])=O)c1ccccc1C(=O)O. The lowest BCUT2D eigenvalue weighted by atomic mass is 10.1. The molecule has 0 fully saturated rings. The minimum absolute atomic E-state index is 0.0702. The summed E-state index contributed by atoms with van der Waals surface area (Å²) >= 11 is 0. The number of hydrogen-bond donors (Lipinski definition) is 1. The first-order chi connectivity index (χ1) is 6.54. The summed E-state index contributed by atoms with van der Waals surface area (Å²) in [5.41, 5.74) is 0.0270. The number of para-hydroxylation sites is 1. The number of rotatable bonds is 2. The van der Waals surface area contributed by atoms with E-state index in [0.29, 0.717) is 0 Å². The van der Waals surface area contributed by atoms with Crippen molar-refractivity contribution >= 4 is 17.7 Å². The molecular weight excluding hydrogens is 186 g/mol. The van der Waals surface area contributed by atoms with Crippen LogP contribution in [0, 0.1) is 0 Å². The molecule has 1 radical (unpaired) electrons. The number of amides is 1. The van der Waals surface area contributed by atoms with E-state index in [1.54, 1.807) is 6.07 Å². The van der Waals surface area contributed by atoms with Crippen molar-refractivity contribution in [3.05, 3.63) is 29.8 Å². The van der Waals surface area contributed by atoms with Gasteiger partial charge in [0.05, 0.1) is 11.3 Å². The first kappa shape index (κ1) is 10.0. The minimum Gasteiger partial charge on any atom is -0.478 e. The quantitative estimate of drug-likeness (QED) is 0.772. The number of carboxylic acids is 1. The highest BCUT2D eigenvalue weighted by atomic mass is 16.4. The lowest BCUT2D eigenvalue weighted by molar-refractivity contribution is 0.0697. The molecule has 1 aromatic carbocycles. The van der Waals surface area contributed by atoms with Crippen molar-refractivity contribution in [2.45, 2.75) is 0 Å². The van der Waals surface area contributed by atoms with Crippen LogP contribution in [-0.4, -0.2) is 24.2 Å². The number of benzene rings is 1. The molecule has 0 saturated heterocycles. The first-order valence-electron chi connectivity index (χ1n) is 3.81. The molecule has 1 N–H and O–H groups in total. The van der Waals surface area contributed by atoms with Gasteiger partial charge in [-0.05, 0) is 12.1 Å². The second-order valence-corrected chi connectivity index (χ2v) is 2.65. The van der Waals surface area contributed by atoms with Crippen LogP contribution in [0.2, 0.25) is 0 Å². The van der Waals surface area contributed by atoms with Crippen LogP contribution in [0.3, 0.4) is 0 Å². The third-order valence-electron chi connectivity index (χ3n) is 1.77. The molecule has 14 heavy (non-hydrogen) atoms. The normalized spacial score (nSPS) is 9.50. The molecule has 0 spiro atoms. The third-order valence-corrected chi connectivity index (χ3v) is 1.77. The summed E-state index contributed by atoms with van der Waals surface area (Å²) in [6, 6.07) is 5.81. The van der Waals surface area contributed by atoms with Crippen LogP contribution in [0.5, 0.6) is 0 Å². The Labute approximate surface area is 80.2 Å².